The summed E-state index contributed by atoms with van der Waals surface area (Å²) < 4.78 is 0. The predicted molar refractivity (Wildman–Crippen MR) is 69.6 cm³/mol. The summed E-state index contributed by atoms with van der Waals surface area (Å²) in [4.78, 5) is 2.69. The summed E-state index contributed by atoms with van der Waals surface area (Å²) in [7, 11) is 2.13. The fourth-order valence-electron chi connectivity index (χ4n) is 3.40. The largest absolute Gasteiger partial charge is 0.317 e. The summed E-state index contributed by atoms with van der Waals surface area (Å²) in [5, 5.41) is 3.49. The highest BCUT2D eigenvalue weighted by Gasteiger charge is 2.26. The molecule has 0 spiro atoms. The van der Waals surface area contributed by atoms with Gasteiger partial charge in [-0.05, 0) is 70.6 Å². The van der Waals surface area contributed by atoms with Crippen LogP contribution in [0.3, 0.4) is 0 Å². The zero-order valence-electron chi connectivity index (χ0n) is 11.0. The Kier molecular flexibility index (Phi) is 4.66. The number of nitrogens with one attached hydrogen (secondary N) is 1. The molecule has 0 aromatic rings. The van der Waals surface area contributed by atoms with Gasteiger partial charge < -0.3 is 10.2 Å². The summed E-state index contributed by atoms with van der Waals surface area (Å²) in [5.74, 6) is 1.91. The van der Waals surface area contributed by atoms with Crippen LogP contribution in [0.2, 0.25) is 0 Å². The van der Waals surface area contributed by atoms with E-state index in [1.807, 2.05) is 0 Å². The Hall–Kier alpha value is -0.0800. The number of likely N-dealkylation sites (tertiary alicyclic amines) is 1. The average molecular weight is 224 g/mol. The highest BCUT2D eigenvalue weighted by Crippen LogP contribution is 2.28. The molecular weight excluding hydrogens is 196 g/mol. The molecule has 0 aromatic carbocycles. The van der Waals surface area contributed by atoms with Crippen molar-refractivity contribution < 1.29 is 0 Å². The molecule has 1 N–H and O–H groups in total. The molecule has 1 saturated carbocycles. The number of piperidine rings is 1. The van der Waals surface area contributed by atoms with Crippen LogP contribution in [0.15, 0.2) is 0 Å². The first kappa shape index (κ1) is 12.4. The first-order valence-corrected chi connectivity index (χ1v) is 7.19. The third kappa shape index (κ3) is 3.21. The van der Waals surface area contributed by atoms with E-state index in [1.54, 1.807) is 0 Å². The van der Waals surface area contributed by atoms with Gasteiger partial charge in [0, 0.05) is 6.04 Å². The molecule has 1 saturated heterocycles. The lowest BCUT2D eigenvalue weighted by Crippen LogP contribution is -2.36. The van der Waals surface area contributed by atoms with E-state index in [9.17, 15) is 0 Å². The number of hydrogen-bond acceptors (Lipinski definition) is 2. The minimum absolute atomic E-state index is 0.809. The maximum absolute atomic E-state index is 3.49. The lowest BCUT2D eigenvalue weighted by molar-refractivity contribution is 0.178. The third-order valence-electron chi connectivity index (χ3n) is 4.72. The van der Waals surface area contributed by atoms with Gasteiger partial charge in [-0.25, -0.2) is 0 Å². The summed E-state index contributed by atoms with van der Waals surface area (Å²) in [5.41, 5.74) is 0. The van der Waals surface area contributed by atoms with Crippen molar-refractivity contribution in [3.8, 4) is 0 Å². The molecule has 0 radical (unpaired) electrons. The van der Waals surface area contributed by atoms with E-state index in [1.165, 1.54) is 58.2 Å². The zero-order valence-corrected chi connectivity index (χ0v) is 11.0. The van der Waals surface area contributed by atoms with Gasteiger partial charge in [-0.2, -0.15) is 0 Å². The molecule has 2 atom stereocenters. The number of nitrogens with zero attached hydrogens (tertiary/aromatic N) is 1. The van der Waals surface area contributed by atoms with E-state index in [0.717, 1.165) is 17.9 Å². The molecule has 2 fully saturated rings. The molecule has 16 heavy (non-hydrogen) atoms. The highest BCUT2D eigenvalue weighted by molar-refractivity contribution is 4.83. The van der Waals surface area contributed by atoms with Crippen molar-refractivity contribution in [3.63, 3.8) is 0 Å². The van der Waals surface area contributed by atoms with Crippen molar-refractivity contribution in [3.05, 3.63) is 0 Å². The van der Waals surface area contributed by atoms with Gasteiger partial charge >= 0.3 is 0 Å². The highest BCUT2D eigenvalue weighted by atomic mass is 15.1. The molecule has 2 nitrogen and oxygen atoms in total. The second kappa shape index (κ2) is 6.02. The minimum Gasteiger partial charge on any atom is -0.317 e. The first-order valence-electron chi connectivity index (χ1n) is 7.19. The molecule has 0 bridgehead atoms. The van der Waals surface area contributed by atoms with Crippen molar-refractivity contribution in [1.29, 1.82) is 0 Å². The quantitative estimate of drug-likeness (QED) is 0.789. The van der Waals surface area contributed by atoms with E-state index >= 15 is 0 Å². The van der Waals surface area contributed by atoms with E-state index in [0.29, 0.717) is 0 Å². The Bertz CT molecular complexity index is 197. The SMILES string of the molecule is CNC1CCCC1CCN1CCC(C)CC1. The van der Waals surface area contributed by atoms with Crippen LogP contribution in [-0.2, 0) is 0 Å². The molecule has 1 aliphatic carbocycles. The second-order valence-electron chi connectivity index (χ2n) is 5.90. The lowest BCUT2D eigenvalue weighted by Gasteiger charge is -2.31. The smallest absolute Gasteiger partial charge is 0.00928 e. The van der Waals surface area contributed by atoms with Crippen molar-refractivity contribution >= 4 is 0 Å². The van der Waals surface area contributed by atoms with Gasteiger partial charge in [-0.3, -0.25) is 0 Å². The molecule has 0 amide bonds. The Balaban J connectivity index is 1.67. The molecule has 1 heterocycles. The first-order chi connectivity index (χ1) is 7.79. The molecule has 2 aliphatic rings. The minimum atomic E-state index is 0.809. The topological polar surface area (TPSA) is 15.3 Å². The molecule has 94 valence electrons. The number of hydrogen-bond donors (Lipinski definition) is 1. The van der Waals surface area contributed by atoms with Crippen LogP contribution >= 0.6 is 0 Å². The predicted octanol–water partition coefficient (Wildman–Crippen LogP) is 2.50. The van der Waals surface area contributed by atoms with Crippen molar-refractivity contribution in [2.24, 2.45) is 11.8 Å². The second-order valence-corrected chi connectivity index (χ2v) is 5.90. The maximum atomic E-state index is 3.49. The Morgan fingerprint density at radius 1 is 1.12 bits per heavy atom. The van der Waals surface area contributed by atoms with Gasteiger partial charge in [0.1, 0.15) is 0 Å². The van der Waals surface area contributed by atoms with E-state index < -0.39 is 0 Å². The zero-order chi connectivity index (χ0) is 11.4. The van der Waals surface area contributed by atoms with Crippen LogP contribution in [0.25, 0.3) is 0 Å². The summed E-state index contributed by atoms with van der Waals surface area (Å²) in [6.07, 6.45) is 8.54. The molecule has 2 rings (SSSR count). The summed E-state index contributed by atoms with van der Waals surface area (Å²) >= 11 is 0. The standard InChI is InChI=1S/C14H28N2/c1-12-6-9-16(10-7-12)11-8-13-4-3-5-14(13)15-2/h12-15H,3-11H2,1-2H3. The maximum Gasteiger partial charge on any atom is 0.00928 e. The van der Waals surface area contributed by atoms with Gasteiger partial charge in [0.15, 0.2) is 0 Å². The molecular formula is C14H28N2. The fraction of sp³-hybridized carbons (Fsp3) is 1.00. The van der Waals surface area contributed by atoms with Gasteiger partial charge in [-0.1, -0.05) is 13.3 Å². The van der Waals surface area contributed by atoms with Gasteiger partial charge in [0.2, 0.25) is 0 Å². The summed E-state index contributed by atoms with van der Waals surface area (Å²) in [6, 6.07) is 0.809. The fourth-order valence-corrected chi connectivity index (χ4v) is 3.40. The third-order valence-corrected chi connectivity index (χ3v) is 4.72. The Labute approximate surface area is 101 Å². The van der Waals surface area contributed by atoms with Crippen LogP contribution in [-0.4, -0.2) is 37.6 Å². The molecule has 2 heteroatoms. The van der Waals surface area contributed by atoms with Crippen LogP contribution in [0.5, 0.6) is 0 Å². The summed E-state index contributed by atoms with van der Waals surface area (Å²) in [6.45, 7) is 6.43. The van der Waals surface area contributed by atoms with Crippen molar-refractivity contribution in [2.75, 3.05) is 26.7 Å². The van der Waals surface area contributed by atoms with Gasteiger partial charge in [-0.15, -0.1) is 0 Å². The van der Waals surface area contributed by atoms with E-state index in [-0.39, 0.29) is 0 Å². The van der Waals surface area contributed by atoms with E-state index in [4.69, 9.17) is 0 Å². The van der Waals surface area contributed by atoms with Crippen molar-refractivity contribution in [1.82, 2.24) is 10.2 Å². The monoisotopic (exact) mass is 224 g/mol. The molecule has 0 aromatic heterocycles. The number of rotatable bonds is 4. The van der Waals surface area contributed by atoms with Crippen LogP contribution in [0, 0.1) is 11.8 Å². The molecule has 1 aliphatic heterocycles. The Morgan fingerprint density at radius 3 is 2.56 bits per heavy atom. The van der Waals surface area contributed by atoms with Crippen LogP contribution in [0.4, 0.5) is 0 Å². The van der Waals surface area contributed by atoms with Gasteiger partial charge in [0.05, 0.1) is 0 Å². The van der Waals surface area contributed by atoms with Gasteiger partial charge in [0.25, 0.3) is 0 Å². The van der Waals surface area contributed by atoms with E-state index in [2.05, 4.69) is 24.2 Å². The normalized spacial score (nSPS) is 33.4. The van der Waals surface area contributed by atoms with Crippen LogP contribution < -0.4 is 5.32 Å². The van der Waals surface area contributed by atoms with Crippen LogP contribution in [0.1, 0.15) is 45.4 Å². The lowest BCUT2D eigenvalue weighted by atomic mass is 9.96. The average Bonchev–Trinajstić information content (AvgIpc) is 2.76. The van der Waals surface area contributed by atoms with Crippen molar-refractivity contribution in [2.45, 2.75) is 51.5 Å². The Morgan fingerprint density at radius 2 is 1.88 bits per heavy atom. The molecule has 2 unspecified atom stereocenters.